The molecule has 0 saturated heterocycles. The molecular formula is C18H19FN4O3. The Morgan fingerprint density at radius 1 is 0.808 bits per heavy atom. The van der Waals surface area contributed by atoms with Crippen LogP contribution in [-0.2, 0) is 4.79 Å². The molecule has 0 aliphatic rings. The van der Waals surface area contributed by atoms with Crippen molar-refractivity contribution in [2.75, 3.05) is 23.7 Å². The summed E-state index contributed by atoms with van der Waals surface area (Å²) in [4.78, 5) is 34.6. The average Bonchev–Trinajstić information content (AvgIpc) is 2.60. The van der Waals surface area contributed by atoms with Crippen molar-refractivity contribution in [3.63, 3.8) is 0 Å². The molecule has 4 N–H and O–H groups in total. The highest BCUT2D eigenvalue weighted by molar-refractivity contribution is 5.95. The maximum atomic E-state index is 12.8. The second-order valence-corrected chi connectivity index (χ2v) is 5.40. The van der Waals surface area contributed by atoms with Crippen LogP contribution >= 0.6 is 0 Å². The molecule has 136 valence electrons. The van der Waals surface area contributed by atoms with Gasteiger partial charge in [0.2, 0.25) is 5.91 Å². The monoisotopic (exact) mass is 358 g/mol. The number of anilines is 2. The summed E-state index contributed by atoms with van der Waals surface area (Å²) in [6.07, 6.45) is 0. The number of hydrogen-bond acceptors (Lipinski definition) is 3. The molecule has 0 bridgehead atoms. The standard InChI is InChI=1S/C18H19FN4O3/c1-12(24)22-15-6-2-13(3-7-15)17(25)20-10-11-21-18(26)23-16-8-4-14(19)5-9-16/h2-9H,10-11H2,1H3,(H,20,25)(H,22,24)(H2,21,23,26). The summed E-state index contributed by atoms with van der Waals surface area (Å²) in [7, 11) is 0. The highest BCUT2D eigenvalue weighted by Gasteiger charge is 2.06. The number of hydrogen-bond donors (Lipinski definition) is 4. The van der Waals surface area contributed by atoms with Crippen molar-refractivity contribution in [1.82, 2.24) is 10.6 Å². The lowest BCUT2D eigenvalue weighted by Gasteiger charge is -2.09. The number of benzene rings is 2. The van der Waals surface area contributed by atoms with Gasteiger partial charge in [0.1, 0.15) is 5.82 Å². The number of urea groups is 1. The van der Waals surface area contributed by atoms with E-state index < -0.39 is 6.03 Å². The van der Waals surface area contributed by atoms with Crippen molar-refractivity contribution in [1.29, 1.82) is 0 Å². The van der Waals surface area contributed by atoms with Gasteiger partial charge in [-0.1, -0.05) is 0 Å². The molecule has 4 amide bonds. The van der Waals surface area contributed by atoms with Gasteiger partial charge in [-0.3, -0.25) is 9.59 Å². The molecule has 2 aromatic rings. The lowest BCUT2D eigenvalue weighted by molar-refractivity contribution is -0.114. The second kappa shape index (κ2) is 9.16. The van der Waals surface area contributed by atoms with Crippen molar-refractivity contribution in [3.05, 3.63) is 59.9 Å². The van der Waals surface area contributed by atoms with Crippen LogP contribution in [0.1, 0.15) is 17.3 Å². The summed E-state index contributed by atoms with van der Waals surface area (Å²) >= 11 is 0. The smallest absolute Gasteiger partial charge is 0.319 e. The molecule has 7 nitrogen and oxygen atoms in total. The van der Waals surface area contributed by atoms with Gasteiger partial charge in [0.15, 0.2) is 0 Å². The number of carbonyl (C=O) groups excluding carboxylic acids is 3. The van der Waals surface area contributed by atoms with Gasteiger partial charge >= 0.3 is 6.03 Å². The molecule has 0 saturated carbocycles. The quantitative estimate of drug-likeness (QED) is 0.597. The van der Waals surface area contributed by atoms with Crippen LogP contribution < -0.4 is 21.3 Å². The zero-order valence-corrected chi connectivity index (χ0v) is 14.1. The molecular weight excluding hydrogens is 339 g/mol. The van der Waals surface area contributed by atoms with E-state index in [2.05, 4.69) is 21.3 Å². The first-order valence-corrected chi connectivity index (χ1v) is 7.90. The van der Waals surface area contributed by atoms with Crippen molar-refractivity contribution < 1.29 is 18.8 Å². The van der Waals surface area contributed by atoms with Gasteiger partial charge in [-0.2, -0.15) is 0 Å². The van der Waals surface area contributed by atoms with Crippen LogP contribution in [0, 0.1) is 5.82 Å². The van der Waals surface area contributed by atoms with E-state index in [0.717, 1.165) is 0 Å². The van der Waals surface area contributed by atoms with E-state index in [0.29, 0.717) is 16.9 Å². The molecule has 0 aromatic heterocycles. The zero-order valence-electron chi connectivity index (χ0n) is 14.1. The summed E-state index contributed by atoms with van der Waals surface area (Å²) in [5, 5.41) is 10.4. The Kier molecular flexibility index (Phi) is 6.67. The maximum absolute atomic E-state index is 12.8. The zero-order chi connectivity index (χ0) is 18.9. The van der Waals surface area contributed by atoms with Gasteiger partial charge in [0.25, 0.3) is 5.91 Å². The van der Waals surface area contributed by atoms with Crippen molar-refractivity contribution >= 4 is 29.2 Å². The van der Waals surface area contributed by atoms with Crippen LogP contribution in [-0.4, -0.2) is 30.9 Å². The van der Waals surface area contributed by atoms with E-state index in [1.807, 2.05) is 0 Å². The minimum Gasteiger partial charge on any atom is -0.350 e. The predicted octanol–water partition coefficient (Wildman–Crippen LogP) is 2.34. The summed E-state index contributed by atoms with van der Waals surface area (Å²) in [5.41, 5.74) is 1.51. The lowest BCUT2D eigenvalue weighted by Crippen LogP contribution is -2.36. The Bertz CT molecular complexity index is 776. The maximum Gasteiger partial charge on any atom is 0.319 e. The Hall–Kier alpha value is -3.42. The third-order valence-corrected chi connectivity index (χ3v) is 3.27. The van der Waals surface area contributed by atoms with E-state index in [1.54, 1.807) is 24.3 Å². The number of amides is 4. The highest BCUT2D eigenvalue weighted by Crippen LogP contribution is 2.09. The molecule has 0 spiro atoms. The number of halogens is 1. The number of rotatable bonds is 6. The first-order valence-electron chi connectivity index (χ1n) is 7.90. The van der Waals surface area contributed by atoms with Crippen molar-refractivity contribution in [2.24, 2.45) is 0 Å². The lowest BCUT2D eigenvalue weighted by atomic mass is 10.2. The normalized spacial score (nSPS) is 9.92. The van der Waals surface area contributed by atoms with Crippen LogP contribution in [0.4, 0.5) is 20.6 Å². The molecule has 0 atom stereocenters. The minimum absolute atomic E-state index is 0.188. The summed E-state index contributed by atoms with van der Waals surface area (Å²) in [5.74, 6) is -0.865. The molecule has 26 heavy (non-hydrogen) atoms. The van der Waals surface area contributed by atoms with Crippen LogP contribution in [0.5, 0.6) is 0 Å². The first-order chi connectivity index (χ1) is 12.4. The van der Waals surface area contributed by atoms with E-state index in [1.165, 1.54) is 31.2 Å². The highest BCUT2D eigenvalue weighted by atomic mass is 19.1. The molecule has 2 rings (SSSR count). The Balaban J connectivity index is 1.70. The van der Waals surface area contributed by atoms with Gasteiger partial charge in [-0.15, -0.1) is 0 Å². The Labute approximate surface area is 150 Å². The molecule has 2 aromatic carbocycles. The topological polar surface area (TPSA) is 99.3 Å². The molecule has 0 aliphatic heterocycles. The summed E-state index contributed by atoms with van der Waals surface area (Å²) in [6.45, 7) is 1.87. The minimum atomic E-state index is -0.453. The van der Waals surface area contributed by atoms with E-state index in [9.17, 15) is 18.8 Å². The van der Waals surface area contributed by atoms with Gasteiger partial charge in [0.05, 0.1) is 0 Å². The fourth-order valence-electron chi connectivity index (χ4n) is 2.07. The van der Waals surface area contributed by atoms with E-state index in [4.69, 9.17) is 0 Å². The number of carbonyl (C=O) groups is 3. The van der Waals surface area contributed by atoms with Gasteiger partial charge < -0.3 is 21.3 Å². The van der Waals surface area contributed by atoms with Crippen molar-refractivity contribution in [2.45, 2.75) is 6.92 Å². The van der Waals surface area contributed by atoms with Crippen LogP contribution in [0.15, 0.2) is 48.5 Å². The fourth-order valence-corrected chi connectivity index (χ4v) is 2.07. The molecule has 0 fully saturated rings. The molecule has 0 aliphatic carbocycles. The summed E-state index contributed by atoms with van der Waals surface area (Å²) < 4.78 is 12.8. The number of nitrogens with one attached hydrogen (secondary N) is 4. The third kappa shape index (κ3) is 6.23. The SMILES string of the molecule is CC(=O)Nc1ccc(C(=O)NCCNC(=O)Nc2ccc(F)cc2)cc1. The van der Waals surface area contributed by atoms with Crippen molar-refractivity contribution in [3.8, 4) is 0 Å². The van der Waals surface area contributed by atoms with Gasteiger partial charge in [0, 0.05) is 37.0 Å². The molecule has 0 unspecified atom stereocenters. The average molecular weight is 358 g/mol. The van der Waals surface area contributed by atoms with E-state index >= 15 is 0 Å². The van der Waals surface area contributed by atoms with Crippen LogP contribution in [0.3, 0.4) is 0 Å². The predicted molar refractivity (Wildman–Crippen MR) is 96.5 cm³/mol. The molecule has 0 radical (unpaired) electrons. The third-order valence-electron chi connectivity index (χ3n) is 3.27. The van der Waals surface area contributed by atoms with Gasteiger partial charge in [-0.25, -0.2) is 9.18 Å². The summed E-state index contributed by atoms with van der Waals surface area (Å²) in [6, 6.07) is 11.4. The molecule has 0 heterocycles. The Morgan fingerprint density at radius 3 is 1.96 bits per heavy atom. The fraction of sp³-hybridized carbons (Fsp3) is 0.167. The van der Waals surface area contributed by atoms with Gasteiger partial charge in [-0.05, 0) is 48.5 Å². The van der Waals surface area contributed by atoms with Crippen LogP contribution in [0.25, 0.3) is 0 Å². The van der Waals surface area contributed by atoms with Crippen LogP contribution in [0.2, 0.25) is 0 Å². The van der Waals surface area contributed by atoms with E-state index in [-0.39, 0.29) is 30.7 Å². The first kappa shape index (κ1) is 18.9. The largest absolute Gasteiger partial charge is 0.350 e. The molecule has 8 heteroatoms. The Morgan fingerprint density at radius 2 is 1.35 bits per heavy atom. The second-order valence-electron chi connectivity index (χ2n) is 5.40.